The molecule has 2 aromatic rings. The summed E-state index contributed by atoms with van der Waals surface area (Å²) in [6.45, 7) is 3.17. The number of hydrogen-bond acceptors (Lipinski definition) is 5. The fourth-order valence-corrected chi connectivity index (χ4v) is 2.78. The van der Waals surface area contributed by atoms with Crippen molar-refractivity contribution in [3.8, 4) is 5.75 Å². The van der Waals surface area contributed by atoms with Crippen molar-refractivity contribution in [2.75, 3.05) is 6.61 Å². The van der Waals surface area contributed by atoms with Gasteiger partial charge in [0.2, 0.25) is 5.91 Å². The van der Waals surface area contributed by atoms with Gasteiger partial charge >= 0.3 is 5.97 Å². The molecule has 0 radical (unpaired) electrons. The summed E-state index contributed by atoms with van der Waals surface area (Å²) in [5.74, 6) is -0.249. The first-order chi connectivity index (χ1) is 11.6. The summed E-state index contributed by atoms with van der Waals surface area (Å²) >= 11 is 1.30. The Morgan fingerprint density at radius 2 is 2.00 bits per heavy atom. The van der Waals surface area contributed by atoms with E-state index in [0.717, 1.165) is 17.7 Å². The number of nitrogens with zero attached hydrogens (tertiary/aromatic N) is 1. The summed E-state index contributed by atoms with van der Waals surface area (Å²) in [7, 11) is 0. The van der Waals surface area contributed by atoms with Gasteiger partial charge in [0.05, 0.1) is 25.1 Å². The van der Waals surface area contributed by atoms with Gasteiger partial charge in [-0.25, -0.2) is 4.98 Å². The van der Waals surface area contributed by atoms with Gasteiger partial charge in [-0.05, 0) is 24.1 Å². The zero-order valence-corrected chi connectivity index (χ0v) is 14.3. The fraction of sp³-hybridized carbons (Fsp3) is 0.353. The zero-order chi connectivity index (χ0) is 17.4. The number of benzene rings is 1. The number of ether oxygens (including phenoxy) is 1. The molecule has 0 aliphatic carbocycles. The highest BCUT2D eigenvalue weighted by Crippen LogP contribution is 2.13. The fourth-order valence-electron chi connectivity index (χ4n) is 1.99. The van der Waals surface area contributed by atoms with E-state index in [1.54, 1.807) is 5.38 Å². The number of carboxylic acids is 1. The highest BCUT2D eigenvalue weighted by molar-refractivity contribution is 7.09. The molecule has 1 aromatic carbocycles. The predicted octanol–water partition coefficient (Wildman–Crippen LogP) is 2.42. The minimum absolute atomic E-state index is 0.120. The van der Waals surface area contributed by atoms with Gasteiger partial charge in [0.1, 0.15) is 10.8 Å². The minimum Gasteiger partial charge on any atom is -0.494 e. The molecule has 2 rings (SSSR count). The third-order valence-electron chi connectivity index (χ3n) is 3.13. The second-order valence-corrected chi connectivity index (χ2v) is 6.19. The third-order valence-corrected chi connectivity index (χ3v) is 4.03. The molecule has 0 aliphatic rings. The molecule has 0 spiro atoms. The van der Waals surface area contributed by atoms with Gasteiger partial charge < -0.3 is 15.2 Å². The first-order valence-corrected chi connectivity index (χ1v) is 8.58. The lowest BCUT2D eigenvalue weighted by Gasteiger charge is -2.07. The second-order valence-electron chi connectivity index (χ2n) is 5.25. The van der Waals surface area contributed by atoms with Gasteiger partial charge in [-0.3, -0.25) is 9.59 Å². The molecule has 1 amide bonds. The van der Waals surface area contributed by atoms with E-state index in [4.69, 9.17) is 9.84 Å². The predicted molar refractivity (Wildman–Crippen MR) is 91.2 cm³/mol. The maximum Gasteiger partial charge on any atom is 0.309 e. The quantitative estimate of drug-likeness (QED) is 0.726. The van der Waals surface area contributed by atoms with Crippen LogP contribution < -0.4 is 10.1 Å². The van der Waals surface area contributed by atoms with Crippen molar-refractivity contribution in [1.82, 2.24) is 10.3 Å². The molecule has 0 unspecified atom stereocenters. The number of carboxylic acid groups (broad SMARTS) is 1. The molecule has 0 saturated heterocycles. The number of amides is 1. The van der Waals surface area contributed by atoms with E-state index >= 15 is 0 Å². The molecular formula is C17H20N2O4S. The van der Waals surface area contributed by atoms with E-state index in [0.29, 0.717) is 23.9 Å². The Morgan fingerprint density at radius 3 is 2.67 bits per heavy atom. The maximum absolute atomic E-state index is 11.9. The molecule has 0 saturated carbocycles. The number of rotatable bonds is 9. The van der Waals surface area contributed by atoms with E-state index in [2.05, 4.69) is 17.2 Å². The Morgan fingerprint density at radius 1 is 1.25 bits per heavy atom. The van der Waals surface area contributed by atoms with Gasteiger partial charge in [0.25, 0.3) is 0 Å². The van der Waals surface area contributed by atoms with E-state index < -0.39 is 5.97 Å². The normalized spacial score (nSPS) is 10.4. The Bertz CT molecular complexity index is 682. The molecule has 0 aliphatic heterocycles. The highest BCUT2D eigenvalue weighted by Gasteiger charge is 2.10. The molecule has 0 atom stereocenters. The van der Waals surface area contributed by atoms with Crippen LogP contribution in [0.25, 0.3) is 0 Å². The highest BCUT2D eigenvalue weighted by atomic mass is 32.1. The molecule has 7 heteroatoms. The van der Waals surface area contributed by atoms with E-state index in [1.165, 1.54) is 11.3 Å². The number of aliphatic carboxylic acids is 1. The standard InChI is InChI=1S/C17H20N2O4S/c1-2-7-23-14-5-3-12(4-6-14)10-18-15(20)9-16-19-13(11-24-16)8-17(21)22/h3-6,11H,2,7-10H2,1H3,(H,18,20)(H,21,22). The lowest BCUT2D eigenvalue weighted by atomic mass is 10.2. The average molecular weight is 348 g/mol. The molecule has 0 fully saturated rings. The van der Waals surface area contributed by atoms with Crippen molar-refractivity contribution in [3.63, 3.8) is 0 Å². The average Bonchev–Trinajstić information content (AvgIpc) is 2.98. The van der Waals surface area contributed by atoms with Gasteiger partial charge in [-0.15, -0.1) is 11.3 Å². The van der Waals surface area contributed by atoms with Crippen molar-refractivity contribution in [1.29, 1.82) is 0 Å². The number of nitrogens with one attached hydrogen (secondary N) is 1. The lowest BCUT2D eigenvalue weighted by molar-refractivity contribution is -0.136. The molecule has 128 valence electrons. The third kappa shape index (κ3) is 6.00. The van der Waals surface area contributed by atoms with Crippen molar-refractivity contribution in [2.45, 2.75) is 32.7 Å². The second kappa shape index (κ2) is 9.02. The van der Waals surface area contributed by atoms with Crippen molar-refractivity contribution < 1.29 is 19.4 Å². The van der Waals surface area contributed by atoms with Crippen LogP contribution in [0, 0.1) is 0 Å². The molecular weight excluding hydrogens is 328 g/mol. The van der Waals surface area contributed by atoms with Crippen LogP contribution in [-0.2, 0) is 29.0 Å². The maximum atomic E-state index is 11.9. The number of carbonyl (C=O) groups is 2. The van der Waals surface area contributed by atoms with Crippen LogP contribution in [0.3, 0.4) is 0 Å². The summed E-state index contributed by atoms with van der Waals surface area (Å²) < 4.78 is 5.51. The Labute approximate surface area is 144 Å². The molecule has 0 bridgehead atoms. The topological polar surface area (TPSA) is 88.5 Å². The molecule has 1 heterocycles. The molecule has 1 aromatic heterocycles. The summed E-state index contributed by atoms with van der Waals surface area (Å²) in [6.07, 6.45) is 0.995. The summed E-state index contributed by atoms with van der Waals surface area (Å²) in [5.41, 5.74) is 1.47. The van der Waals surface area contributed by atoms with Crippen LogP contribution in [0.5, 0.6) is 5.75 Å². The van der Waals surface area contributed by atoms with Crippen LogP contribution in [-0.4, -0.2) is 28.6 Å². The molecule has 2 N–H and O–H groups in total. The van der Waals surface area contributed by atoms with Crippen LogP contribution in [0.15, 0.2) is 29.6 Å². The number of aromatic nitrogens is 1. The first kappa shape index (κ1) is 17.9. The van der Waals surface area contributed by atoms with Gasteiger partial charge in [0.15, 0.2) is 0 Å². The summed E-state index contributed by atoms with van der Waals surface area (Å²) in [5, 5.41) is 13.8. The monoisotopic (exact) mass is 348 g/mol. The summed E-state index contributed by atoms with van der Waals surface area (Å²) in [6, 6.07) is 7.60. The Kier molecular flexibility index (Phi) is 6.74. The number of thiazole rings is 1. The molecule has 6 nitrogen and oxygen atoms in total. The van der Waals surface area contributed by atoms with E-state index in [-0.39, 0.29) is 18.7 Å². The SMILES string of the molecule is CCCOc1ccc(CNC(=O)Cc2nc(CC(=O)O)cs2)cc1. The van der Waals surface area contributed by atoms with Crippen LogP contribution in [0.2, 0.25) is 0 Å². The zero-order valence-electron chi connectivity index (χ0n) is 13.4. The molecule has 24 heavy (non-hydrogen) atoms. The van der Waals surface area contributed by atoms with E-state index in [9.17, 15) is 9.59 Å². The first-order valence-electron chi connectivity index (χ1n) is 7.70. The minimum atomic E-state index is -0.928. The van der Waals surface area contributed by atoms with Gasteiger partial charge in [-0.1, -0.05) is 19.1 Å². The smallest absolute Gasteiger partial charge is 0.309 e. The van der Waals surface area contributed by atoms with Gasteiger partial charge in [0, 0.05) is 11.9 Å². The lowest BCUT2D eigenvalue weighted by Crippen LogP contribution is -2.24. The van der Waals surface area contributed by atoms with Crippen LogP contribution in [0.4, 0.5) is 0 Å². The summed E-state index contributed by atoms with van der Waals surface area (Å²) in [4.78, 5) is 26.7. The van der Waals surface area contributed by atoms with E-state index in [1.807, 2.05) is 24.3 Å². The Hall–Kier alpha value is -2.41. The number of carbonyl (C=O) groups excluding carboxylic acids is 1. The number of hydrogen-bond donors (Lipinski definition) is 2. The van der Waals surface area contributed by atoms with Crippen LogP contribution >= 0.6 is 11.3 Å². The largest absolute Gasteiger partial charge is 0.494 e. The Balaban J connectivity index is 1.78. The van der Waals surface area contributed by atoms with Crippen molar-refractivity contribution in [2.24, 2.45) is 0 Å². The van der Waals surface area contributed by atoms with Gasteiger partial charge in [-0.2, -0.15) is 0 Å². The van der Waals surface area contributed by atoms with Crippen molar-refractivity contribution >= 4 is 23.2 Å². The van der Waals surface area contributed by atoms with Crippen molar-refractivity contribution in [3.05, 3.63) is 45.9 Å². The van der Waals surface area contributed by atoms with Crippen LogP contribution in [0.1, 0.15) is 29.6 Å².